The first-order chi connectivity index (χ1) is 11.9. The van der Waals surface area contributed by atoms with Crippen molar-refractivity contribution in [3.05, 3.63) is 29.8 Å². The topological polar surface area (TPSA) is 50.8 Å². The molecular formula is C20H32N2O3. The summed E-state index contributed by atoms with van der Waals surface area (Å²) in [6.45, 7) is 9.54. The SMILES string of the molecule is CN(CCOc1cccc(CNC(=O)C(C)(C)C)c1)C1CCOCC1. The summed E-state index contributed by atoms with van der Waals surface area (Å²) in [5.74, 6) is 0.903. The Kier molecular flexibility index (Phi) is 7.26. The van der Waals surface area contributed by atoms with Crippen LogP contribution in [0.25, 0.3) is 0 Å². The first-order valence-electron chi connectivity index (χ1n) is 9.14. The standard InChI is InChI=1S/C20H32N2O3/c1-20(2,3)19(23)21-15-16-6-5-7-18(14-16)25-13-10-22(4)17-8-11-24-12-9-17/h5-7,14,17H,8-13,15H2,1-4H3,(H,21,23). The zero-order valence-corrected chi connectivity index (χ0v) is 16.0. The van der Waals surface area contributed by atoms with Crippen LogP contribution in [0, 0.1) is 5.41 Å². The number of hydrogen-bond acceptors (Lipinski definition) is 4. The molecule has 0 radical (unpaired) electrons. The van der Waals surface area contributed by atoms with Crippen molar-refractivity contribution in [2.45, 2.75) is 46.2 Å². The van der Waals surface area contributed by atoms with E-state index in [0.29, 0.717) is 19.2 Å². The fraction of sp³-hybridized carbons (Fsp3) is 0.650. The van der Waals surface area contributed by atoms with Gasteiger partial charge in [0.05, 0.1) is 0 Å². The molecule has 0 aromatic heterocycles. The molecule has 0 aliphatic carbocycles. The molecule has 1 aromatic rings. The number of benzene rings is 1. The van der Waals surface area contributed by atoms with E-state index in [1.807, 2.05) is 45.0 Å². The quantitative estimate of drug-likeness (QED) is 0.823. The van der Waals surface area contributed by atoms with E-state index in [9.17, 15) is 4.79 Å². The van der Waals surface area contributed by atoms with Crippen molar-refractivity contribution in [1.29, 1.82) is 0 Å². The van der Waals surface area contributed by atoms with Crippen LogP contribution in [0.3, 0.4) is 0 Å². The molecular weight excluding hydrogens is 316 g/mol. The number of carbonyl (C=O) groups excluding carboxylic acids is 1. The van der Waals surface area contributed by atoms with Gasteiger partial charge in [-0.1, -0.05) is 32.9 Å². The Morgan fingerprint density at radius 2 is 2.04 bits per heavy atom. The molecule has 1 N–H and O–H groups in total. The number of likely N-dealkylation sites (N-methyl/N-ethyl adjacent to an activating group) is 1. The molecule has 1 aromatic carbocycles. The van der Waals surface area contributed by atoms with Gasteiger partial charge in [-0.25, -0.2) is 0 Å². The summed E-state index contributed by atoms with van der Waals surface area (Å²) >= 11 is 0. The molecule has 1 saturated heterocycles. The molecule has 1 amide bonds. The molecule has 140 valence electrons. The monoisotopic (exact) mass is 348 g/mol. The van der Waals surface area contributed by atoms with Crippen molar-refractivity contribution in [2.24, 2.45) is 5.41 Å². The smallest absolute Gasteiger partial charge is 0.225 e. The normalized spacial score (nSPS) is 16.0. The minimum Gasteiger partial charge on any atom is -0.492 e. The molecule has 5 nitrogen and oxygen atoms in total. The summed E-state index contributed by atoms with van der Waals surface area (Å²) in [6.07, 6.45) is 2.19. The second-order valence-corrected chi connectivity index (χ2v) is 7.75. The van der Waals surface area contributed by atoms with Gasteiger partial charge in [0.1, 0.15) is 12.4 Å². The third-order valence-electron chi connectivity index (χ3n) is 4.56. The third-order valence-corrected chi connectivity index (χ3v) is 4.56. The molecule has 0 saturated carbocycles. The lowest BCUT2D eigenvalue weighted by molar-refractivity contribution is -0.128. The summed E-state index contributed by atoms with van der Waals surface area (Å²) in [4.78, 5) is 14.3. The van der Waals surface area contributed by atoms with Crippen LogP contribution in [0.4, 0.5) is 0 Å². The summed E-state index contributed by atoms with van der Waals surface area (Å²) in [5.41, 5.74) is 0.677. The van der Waals surface area contributed by atoms with Crippen LogP contribution in [0.1, 0.15) is 39.2 Å². The van der Waals surface area contributed by atoms with E-state index >= 15 is 0 Å². The summed E-state index contributed by atoms with van der Waals surface area (Å²) in [7, 11) is 2.15. The first kappa shape index (κ1) is 19.7. The van der Waals surface area contributed by atoms with E-state index in [0.717, 1.165) is 43.9 Å². The number of carbonyl (C=O) groups is 1. The lowest BCUT2D eigenvalue weighted by Gasteiger charge is -2.31. The molecule has 25 heavy (non-hydrogen) atoms. The van der Waals surface area contributed by atoms with Crippen LogP contribution >= 0.6 is 0 Å². The summed E-state index contributed by atoms with van der Waals surface area (Å²) in [5, 5.41) is 2.97. The Labute approximate surface area is 151 Å². The maximum atomic E-state index is 12.0. The van der Waals surface area contributed by atoms with Crippen LogP contribution in [0.15, 0.2) is 24.3 Å². The van der Waals surface area contributed by atoms with E-state index in [1.165, 1.54) is 0 Å². The molecule has 0 atom stereocenters. The van der Waals surface area contributed by atoms with E-state index < -0.39 is 0 Å². The molecule has 0 bridgehead atoms. The predicted molar refractivity (Wildman–Crippen MR) is 99.7 cm³/mol. The van der Waals surface area contributed by atoms with Crippen molar-refractivity contribution < 1.29 is 14.3 Å². The molecule has 5 heteroatoms. The number of rotatable bonds is 7. The second-order valence-electron chi connectivity index (χ2n) is 7.75. The van der Waals surface area contributed by atoms with Gasteiger partial charge in [0.15, 0.2) is 0 Å². The van der Waals surface area contributed by atoms with E-state index in [2.05, 4.69) is 17.3 Å². The largest absolute Gasteiger partial charge is 0.492 e. The van der Waals surface area contributed by atoms with Crippen molar-refractivity contribution in [1.82, 2.24) is 10.2 Å². The van der Waals surface area contributed by atoms with Gasteiger partial charge >= 0.3 is 0 Å². The highest BCUT2D eigenvalue weighted by molar-refractivity contribution is 5.81. The van der Waals surface area contributed by atoms with Crippen molar-refractivity contribution in [3.8, 4) is 5.75 Å². The maximum Gasteiger partial charge on any atom is 0.225 e. The van der Waals surface area contributed by atoms with Gasteiger partial charge < -0.3 is 14.8 Å². The van der Waals surface area contributed by atoms with Gasteiger partial charge in [-0.3, -0.25) is 9.69 Å². The lowest BCUT2D eigenvalue weighted by Crippen LogP contribution is -2.38. The molecule has 0 spiro atoms. The predicted octanol–water partition coefficient (Wildman–Crippen LogP) is 2.84. The fourth-order valence-electron chi connectivity index (χ4n) is 2.81. The van der Waals surface area contributed by atoms with Gasteiger partial charge in [-0.2, -0.15) is 0 Å². The lowest BCUT2D eigenvalue weighted by atomic mass is 9.95. The van der Waals surface area contributed by atoms with Gasteiger partial charge in [0.2, 0.25) is 5.91 Å². The van der Waals surface area contributed by atoms with E-state index in [1.54, 1.807) is 0 Å². The minimum absolute atomic E-state index is 0.0527. The summed E-state index contributed by atoms with van der Waals surface area (Å²) in [6, 6.07) is 8.53. The highest BCUT2D eigenvalue weighted by Crippen LogP contribution is 2.16. The average Bonchev–Trinajstić information content (AvgIpc) is 2.60. The number of ether oxygens (including phenoxy) is 2. The highest BCUT2D eigenvalue weighted by atomic mass is 16.5. The minimum atomic E-state index is -0.372. The molecule has 1 fully saturated rings. The number of amides is 1. The first-order valence-corrected chi connectivity index (χ1v) is 9.14. The van der Waals surface area contributed by atoms with Crippen molar-refractivity contribution in [3.63, 3.8) is 0 Å². The van der Waals surface area contributed by atoms with Gasteiger partial charge in [-0.05, 0) is 37.6 Å². The van der Waals surface area contributed by atoms with Gasteiger partial charge in [-0.15, -0.1) is 0 Å². The molecule has 1 heterocycles. The Hall–Kier alpha value is -1.59. The highest BCUT2D eigenvalue weighted by Gasteiger charge is 2.20. The third kappa shape index (κ3) is 6.67. The number of hydrogen-bond donors (Lipinski definition) is 1. The van der Waals surface area contributed by atoms with Gasteiger partial charge in [0, 0.05) is 37.8 Å². The van der Waals surface area contributed by atoms with Crippen molar-refractivity contribution >= 4 is 5.91 Å². The van der Waals surface area contributed by atoms with Crippen LogP contribution in [0.2, 0.25) is 0 Å². The zero-order valence-electron chi connectivity index (χ0n) is 16.0. The Morgan fingerprint density at radius 1 is 1.32 bits per heavy atom. The molecule has 1 aliphatic rings. The molecule has 1 aliphatic heterocycles. The number of nitrogens with one attached hydrogen (secondary N) is 1. The van der Waals surface area contributed by atoms with E-state index in [-0.39, 0.29) is 11.3 Å². The second kappa shape index (κ2) is 9.20. The number of nitrogens with zero attached hydrogens (tertiary/aromatic N) is 1. The summed E-state index contributed by atoms with van der Waals surface area (Å²) < 4.78 is 11.3. The molecule has 2 rings (SSSR count). The van der Waals surface area contributed by atoms with Crippen molar-refractivity contribution in [2.75, 3.05) is 33.4 Å². The van der Waals surface area contributed by atoms with Crippen LogP contribution in [-0.2, 0) is 16.1 Å². The van der Waals surface area contributed by atoms with Gasteiger partial charge in [0.25, 0.3) is 0 Å². The van der Waals surface area contributed by atoms with Crippen LogP contribution < -0.4 is 10.1 Å². The fourth-order valence-corrected chi connectivity index (χ4v) is 2.81. The Bertz CT molecular complexity index is 548. The van der Waals surface area contributed by atoms with E-state index in [4.69, 9.17) is 9.47 Å². The van der Waals surface area contributed by atoms with Crippen LogP contribution in [0.5, 0.6) is 5.75 Å². The Balaban J connectivity index is 1.76. The zero-order chi connectivity index (χ0) is 18.3. The maximum absolute atomic E-state index is 12.0. The molecule has 0 unspecified atom stereocenters. The Morgan fingerprint density at radius 3 is 2.72 bits per heavy atom. The average molecular weight is 348 g/mol. The van der Waals surface area contributed by atoms with Crippen LogP contribution in [-0.4, -0.2) is 50.3 Å².